The van der Waals surface area contributed by atoms with E-state index < -0.39 is 0 Å². The fourth-order valence-corrected chi connectivity index (χ4v) is 2.12. The normalized spacial score (nSPS) is 19.0. The number of hydrogen-bond donors (Lipinski definition) is 1. The Hall–Kier alpha value is -1.77. The Balaban J connectivity index is 2.05. The summed E-state index contributed by atoms with van der Waals surface area (Å²) in [6, 6.07) is 0. The van der Waals surface area contributed by atoms with Gasteiger partial charge in [0.1, 0.15) is 0 Å². The van der Waals surface area contributed by atoms with Gasteiger partial charge >= 0.3 is 5.97 Å². The van der Waals surface area contributed by atoms with Gasteiger partial charge in [-0.2, -0.15) is 0 Å². The number of ether oxygens (including phenoxy) is 1. The molecule has 2 rings (SSSR count). The molecule has 1 heterocycles. The summed E-state index contributed by atoms with van der Waals surface area (Å²) in [6.45, 7) is 4.38. The smallest absolute Gasteiger partial charge is 0.335 e. The summed E-state index contributed by atoms with van der Waals surface area (Å²) >= 11 is 0. The van der Waals surface area contributed by atoms with Gasteiger partial charge in [0.25, 0.3) is 0 Å². The topological polar surface area (TPSA) is 38.3 Å². The lowest BCUT2D eigenvalue weighted by Crippen LogP contribution is -2.16. The van der Waals surface area contributed by atoms with Crippen LogP contribution < -0.4 is 5.32 Å². The number of nitrogens with one attached hydrogen (secondary N) is 1. The minimum absolute atomic E-state index is 0.223. The van der Waals surface area contributed by atoms with Gasteiger partial charge in [-0.15, -0.1) is 0 Å². The van der Waals surface area contributed by atoms with Crippen molar-refractivity contribution < 1.29 is 9.53 Å². The van der Waals surface area contributed by atoms with Crippen LogP contribution in [0.4, 0.5) is 0 Å². The zero-order valence-electron chi connectivity index (χ0n) is 11.0. The molecule has 0 bridgehead atoms. The predicted molar refractivity (Wildman–Crippen MR) is 71.6 cm³/mol. The molecular weight excluding hydrogens is 226 g/mol. The van der Waals surface area contributed by atoms with E-state index in [4.69, 9.17) is 4.74 Å². The first-order chi connectivity index (χ1) is 8.70. The van der Waals surface area contributed by atoms with E-state index in [9.17, 15) is 4.79 Å². The van der Waals surface area contributed by atoms with Crippen molar-refractivity contribution in [2.75, 3.05) is 6.61 Å². The van der Waals surface area contributed by atoms with Crippen molar-refractivity contribution in [2.45, 2.75) is 33.1 Å². The van der Waals surface area contributed by atoms with Crippen molar-refractivity contribution in [3.05, 3.63) is 46.8 Å². The molecular formula is C15H19NO2. The lowest BCUT2D eigenvalue weighted by atomic mass is 9.90. The van der Waals surface area contributed by atoms with Gasteiger partial charge < -0.3 is 10.1 Å². The van der Waals surface area contributed by atoms with Crippen LogP contribution >= 0.6 is 0 Å². The van der Waals surface area contributed by atoms with Crippen LogP contribution in [0.1, 0.15) is 33.1 Å². The summed E-state index contributed by atoms with van der Waals surface area (Å²) in [4.78, 5) is 11.7. The lowest BCUT2D eigenvalue weighted by molar-refractivity contribution is -0.138. The predicted octanol–water partition coefficient (Wildman–Crippen LogP) is 2.98. The van der Waals surface area contributed by atoms with E-state index in [1.807, 2.05) is 13.1 Å². The molecule has 0 saturated carbocycles. The monoisotopic (exact) mass is 245 g/mol. The largest absolute Gasteiger partial charge is 0.463 e. The Morgan fingerprint density at radius 1 is 1.28 bits per heavy atom. The van der Waals surface area contributed by atoms with Crippen LogP contribution in [0.5, 0.6) is 0 Å². The zero-order valence-corrected chi connectivity index (χ0v) is 11.0. The number of allylic oxidation sites excluding steroid dienone is 5. The summed E-state index contributed by atoms with van der Waals surface area (Å²) in [7, 11) is 0. The quantitative estimate of drug-likeness (QED) is 0.777. The highest BCUT2D eigenvalue weighted by atomic mass is 16.5. The molecule has 0 fully saturated rings. The number of carbonyl (C=O) groups excluding carboxylic acids is 1. The van der Waals surface area contributed by atoms with E-state index in [2.05, 4.69) is 24.4 Å². The molecule has 96 valence electrons. The van der Waals surface area contributed by atoms with Crippen LogP contribution in [-0.4, -0.2) is 12.6 Å². The van der Waals surface area contributed by atoms with Crippen LogP contribution in [0.3, 0.4) is 0 Å². The first kappa shape index (κ1) is 12.7. The molecule has 2 aliphatic rings. The molecule has 3 nitrogen and oxygen atoms in total. The molecule has 0 aromatic carbocycles. The maximum Gasteiger partial charge on any atom is 0.335 e. The minimum atomic E-state index is -0.223. The molecule has 0 aromatic rings. The summed E-state index contributed by atoms with van der Waals surface area (Å²) < 4.78 is 5.03. The first-order valence-electron chi connectivity index (χ1n) is 6.38. The van der Waals surface area contributed by atoms with Crippen LogP contribution in [0.25, 0.3) is 0 Å². The molecule has 1 aliphatic heterocycles. The Morgan fingerprint density at radius 3 is 2.78 bits per heavy atom. The SMILES string of the molecule is CCOC(=O)C1=CNC=C(C2=CC=C(C)CC2)C1. The fourth-order valence-electron chi connectivity index (χ4n) is 2.12. The second kappa shape index (κ2) is 5.71. The van der Waals surface area contributed by atoms with E-state index in [-0.39, 0.29) is 5.97 Å². The molecule has 0 radical (unpaired) electrons. The summed E-state index contributed by atoms with van der Waals surface area (Å²) in [5.41, 5.74) is 4.60. The van der Waals surface area contributed by atoms with Crippen molar-refractivity contribution in [1.29, 1.82) is 0 Å². The van der Waals surface area contributed by atoms with E-state index >= 15 is 0 Å². The number of dihydropyridines is 1. The van der Waals surface area contributed by atoms with Crippen LogP contribution in [0.15, 0.2) is 46.8 Å². The van der Waals surface area contributed by atoms with Gasteiger partial charge in [-0.1, -0.05) is 17.7 Å². The standard InChI is InChI=1S/C15H19NO2/c1-3-18-15(17)14-8-13(9-16-10-14)12-6-4-11(2)5-7-12/h4,6,9-10,16H,3,5,7-8H2,1-2H3. The molecule has 1 N–H and O–H groups in total. The zero-order chi connectivity index (χ0) is 13.0. The Morgan fingerprint density at radius 2 is 2.11 bits per heavy atom. The highest BCUT2D eigenvalue weighted by Crippen LogP contribution is 2.29. The van der Waals surface area contributed by atoms with Crippen LogP contribution in [0.2, 0.25) is 0 Å². The Labute approximate surface area is 108 Å². The molecule has 0 saturated heterocycles. The van der Waals surface area contributed by atoms with Crippen molar-refractivity contribution in [2.24, 2.45) is 0 Å². The highest BCUT2D eigenvalue weighted by Gasteiger charge is 2.18. The fraction of sp³-hybridized carbons (Fsp3) is 0.400. The van der Waals surface area contributed by atoms with Gasteiger partial charge in [0.15, 0.2) is 0 Å². The molecule has 0 atom stereocenters. The van der Waals surface area contributed by atoms with Gasteiger partial charge in [-0.3, -0.25) is 0 Å². The van der Waals surface area contributed by atoms with Crippen molar-refractivity contribution in [1.82, 2.24) is 5.32 Å². The molecule has 0 amide bonds. The number of carbonyl (C=O) groups is 1. The maximum absolute atomic E-state index is 11.7. The molecule has 18 heavy (non-hydrogen) atoms. The molecule has 1 aliphatic carbocycles. The Bertz CT molecular complexity index is 467. The van der Waals surface area contributed by atoms with E-state index in [1.165, 1.54) is 16.7 Å². The molecule has 0 spiro atoms. The third-order valence-electron chi connectivity index (χ3n) is 3.20. The number of rotatable bonds is 3. The summed E-state index contributed by atoms with van der Waals surface area (Å²) in [5.74, 6) is -0.223. The van der Waals surface area contributed by atoms with Crippen molar-refractivity contribution >= 4 is 5.97 Å². The number of hydrogen-bond acceptors (Lipinski definition) is 3. The van der Waals surface area contributed by atoms with E-state index in [0.29, 0.717) is 18.6 Å². The van der Waals surface area contributed by atoms with Crippen LogP contribution in [-0.2, 0) is 9.53 Å². The number of esters is 1. The van der Waals surface area contributed by atoms with Crippen LogP contribution in [0, 0.1) is 0 Å². The summed E-state index contributed by atoms with van der Waals surface area (Å²) in [6.07, 6.45) is 10.8. The van der Waals surface area contributed by atoms with Gasteiger partial charge in [0, 0.05) is 18.8 Å². The average molecular weight is 245 g/mol. The van der Waals surface area contributed by atoms with Gasteiger partial charge in [-0.25, -0.2) is 4.79 Å². The second-order valence-corrected chi connectivity index (χ2v) is 4.61. The lowest BCUT2D eigenvalue weighted by Gasteiger charge is -2.19. The van der Waals surface area contributed by atoms with Crippen molar-refractivity contribution in [3.8, 4) is 0 Å². The van der Waals surface area contributed by atoms with Gasteiger partial charge in [0.2, 0.25) is 0 Å². The van der Waals surface area contributed by atoms with Crippen molar-refractivity contribution in [3.63, 3.8) is 0 Å². The van der Waals surface area contributed by atoms with E-state index in [0.717, 1.165) is 12.8 Å². The molecule has 3 heteroatoms. The summed E-state index contributed by atoms with van der Waals surface area (Å²) in [5, 5.41) is 3.05. The minimum Gasteiger partial charge on any atom is -0.463 e. The highest BCUT2D eigenvalue weighted by molar-refractivity contribution is 5.89. The molecule has 0 unspecified atom stereocenters. The average Bonchev–Trinajstić information content (AvgIpc) is 2.40. The third kappa shape index (κ3) is 2.92. The van der Waals surface area contributed by atoms with Gasteiger partial charge in [0.05, 0.1) is 12.2 Å². The van der Waals surface area contributed by atoms with E-state index in [1.54, 1.807) is 6.20 Å². The third-order valence-corrected chi connectivity index (χ3v) is 3.20. The maximum atomic E-state index is 11.7. The molecule has 0 aromatic heterocycles. The van der Waals surface area contributed by atoms with Gasteiger partial charge in [-0.05, 0) is 37.8 Å². The second-order valence-electron chi connectivity index (χ2n) is 4.61. The first-order valence-corrected chi connectivity index (χ1v) is 6.38. The Kier molecular flexibility index (Phi) is 4.03.